The van der Waals surface area contributed by atoms with Crippen molar-refractivity contribution >= 4 is 17.3 Å². The molecule has 3 aromatic carbocycles. The summed E-state index contributed by atoms with van der Waals surface area (Å²) in [7, 11) is 0. The number of allylic oxidation sites excluding steroid dienone is 1. The molecule has 0 aliphatic heterocycles. The van der Waals surface area contributed by atoms with Gasteiger partial charge >= 0.3 is 0 Å². The topological polar surface area (TPSA) is 85.4 Å². The Hall–Kier alpha value is -4.11. The summed E-state index contributed by atoms with van der Waals surface area (Å²) in [6, 6.07) is 21.6. The van der Waals surface area contributed by atoms with Crippen LogP contribution in [0.5, 0.6) is 11.5 Å². The Kier molecular flexibility index (Phi) is 7.02. The molecule has 3 rings (SSSR count). The van der Waals surface area contributed by atoms with Crippen LogP contribution in [0, 0.1) is 28.4 Å². The molecule has 0 aromatic heterocycles. The minimum Gasteiger partial charge on any atom is -0.490 e. The van der Waals surface area contributed by atoms with Gasteiger partial charge in [-0.05, 0) is 60.9 Å². The lowest BCUT2D eigenvalue weighted by Crippen LogP contribution is -2.00. The molecule has 0 heterocycles. The molecule has 0 unspecified atom stereocenters. The van der Waals surface area contributed by atoms with E-state index >= 15 is 0 Å². The Bertz CT molecular complexity index is 1140. The first-order valence-corrected chi connectivity index (χ1v) is 9.82. The van der Waals surface area contributed by atoms with Crippen molar-refractivity contribution < 1.29 is 14.4 Å². The van der Waals surface area contributed by atoms with E-state index in [-0.39, 0.29) is 5.69 Å². The summed E-state index contributed by atoms with van der Waals surface area (Å²) in [6.45, 7) is 4.82. The van der Waals surface area contributed by atoms with Crippen LogP contribution >= 0.6 is 0 Å². The minimum absolute atomic E-state index is 0.0187. The zero-order valence-corrected chi connectivity index (χ0v) is 17.4. The number of nitriles is 1. The molecule has 0 fully saturated rings. The molecule has 3 aromatic rings. The highest BCUT2D eigenvalue weighted by molar-refractivity contribution is 5.90. The predicted octanol–water partition coefficient (Wildman–Crippen LogP) is 5.95. The third-order valence-corrected chi connectivity index (χ3v) is 4.57. The largest absolute Gasteiger partial charge is 0.490 e. The first kappa shape index (κ1) is 21.6. The van der Waals surface area contributed by atoms with E-state index in [1.165, 1.54) is 17.7 Å². The Labute approximate surface area is 181 Å². The highest BCUT2D eigenvalue weighted by atomic mass is 16.6. The summed E-state index contributed by atoms with van der Waals surface area (Å²) in [5.41, 5.74) is 3.98. The second kappa shape index (κ2) is 10.1. The Morgan fingerprint density at radius 3 is 2.48 bits per heavy atom. The third-order valence-electron chi connectivity index (χ3n) is 4.57. The van der Waals surface area contributed by atoms with Crippen LogP contribution in [0.3, 0.4) is 0 Å². The molecule has 0 bridgehead atoms. The number of aryl methyl sites for hydroxylation is 1. The van der Waals surface area contributed by atoms with Gasteiger partial charge in [0.2, 0.25) is 0 Å². The van der Waals surface area contributed by atoms with Gasteiger partial charge < -0.3 is 9.47 Å². The molecule has 31 heavy (non-hydrogen) atoms. The molecule has 0 spiro atoms. The van der Waals surface area contributed by atoms with Gasteiger partial charge in [0, 0.05) is 12.1 Å². The second-order valence-electron chi connectivity index (χ2n) is 6.89. The van der Waals surface area contributed by atoms with Crippen LogP contribution in [-0.2, 0) is 6.61 Å². The molecule has 0 N–H and O–H groups in total. The molecule has 0 aliphatic rings. The molecule has 0 saturated carbocycles. The van der Waals surface area contributed by atoms with Gasteiger partial charge in [0.05, 0.1) is 23.2 Å². The molecule has 0 radical (unpaired) electrons. The molecule has 0 atom stereocenters. The van der Waals surface area contributed by atoms with Crippen molar-refractivity contribution in [1.29, 1.82) is 5.26 Å². The smallest absolute Gasteiger partial charge is 0.269 e. The molecule has 6 heteroatoms. The van der Waals surface area contributed by atoms with Crippen LogP contribution in [0.4, 0.5) is 5.69 Å². The van der Waals surface area contributed by atoms with Crippen LogP contribution in [0.25, 0.3) is 11.6 Å². The zero-order valence-electron chi connectivity index (χ0n) is 17.4. The quantitative estimate of drug-likeness (QED) is 0.197. The van der Waals surface area contributed by atoms with Gasteiger partial charge in [-0.15, -0.1) is 0 Å². The van der Waals surface area contributed by atoms with E-state index in [4.69, 9.17) is 9.47 Å². The van der Waals surface area contributed by atoms with Crippen LogP contribution in [0.1, 0.15) is 29.2 Å². The van der Waals surface area contributed by atoms with Crippen LogP contribution in [0.2, 0.25) is 0 Å². The summed E-state index contributed by atoms with van der Waals surface area (Å²) in [5, 5.41) is 20.4. The Morgan fingerprint density at radius 2 is 1.84 bits per heavy atom. The van der Waals surface area contributed by atoms with Gasteiger partial charge in [-0.1, -0.05) is 35.9 Å². The van der Waals surface area contributed by atoms with Gasteiger partial charge in [0.25, 0.3) is 5.69 Å². The van der Waals surface area contributed by atoms with Gasteiger partial charge in [-0.3, -0.25) is 10.1 Å². The standard InChI is InChI=1S/C25H22N2O4/c1-3-30-25-15-19(7-12-24(25)31-17-20-6-4-5-18(2)13-20)14-22(16-26)21-8-10-23(11-9-21)27(28)29/h4-15H,3,17H2,1-2H3. The van der Waals surface area contributed by atoms with Crippen molar-refractivity contribution in [3.8, 4) is 17.6 Å². The van der Waals surface area contributed by atoms with Crippen molar-refractivity contribution in [1.82, 2.24) is 0 Å². The fraction of sp³-hybridized carbons (Fsp3) is 0.160. The zero-order chi connectivity index (χ0) is 22.2. The number of hydrogen-bond acceptors (Lipinski definition) is 5. The Morgan fingerprint density at radius 1 is 1.06 bits per heavy atom. The molecule has 0 aliphatic carbocycles. The molecular formula is C25H22N2O4. The second-order valence-corrected chi connectivity index (χ2v) is 6.89. The number of ether oxygens (including phenoxy) is 2. The lowest BCUT2D eigenvalue weighted by Gasteiger charge is -2.13. The number of nitrogens with zero attached hydrogens (tertiary/aromatic N) is 2. The number of non-ortho nitro benzene ring substituents is 1. The van der Waals surface area contributed by atoms with Crippen molar-refractivity contribution in [2.24, 2.45) is 0 Å². The van der Waals surface area contributed by atoms with E-state index in [1.807, 2.05) is 50.2 Å². The van der Waals surface area contributed by atoms with Gasteiger partial charge in [0.1, 0.15) is 6.61 Å². The SMILES string of the molecule is CCOc1cc(C=C(C#N)c2ccc([N+](=O)[O-])cc2)ccc1OCc1cccc(C)c1. The van der Waals surface area contributed by atoms with Crippen molar-refractivity contribution in [3.05, 3.63) is 99.1 Å². The number of rotatable bonds is 8. The highest BCUT2D eigenvalue weighted by Gasteiger charge is 2.10. The van der Waals surface area contributed by atoms with E-state index in [2.05, 4.69) is 12.1 Å². The van der Waals surface area contributed by atoms with E-state index < -0.39 is 4.92 Å². The van der Waals surface area contributed by atoms with Gasteiger partial charge in [0.15, 0.2) is 11.5 Å². The fourth-order valence-corrected chi connectivity index (χ4v) is 3.07. The van der Waals surface area contributed by atoms with E-state index in [0.29, 0.717) is 35.8 Å². The lowest BCUT2D eigenvalue weighted by molar-refractivity contribution is -0.384. The summed E-state index contributed by atoms with van der Waals surface area (Å²) in [4.78, 5) is 10.4. The van der Waals surface area contributed by atoms with Crippen LogP contribution < -0.4 is 9.47 Å². The maximum absolute atomic E-state index is 10.8. The first-order chi connectivity index (χ1) is 15.0. The fourth-order valence-electron chi connectivity index (χ4n) is 3.07. The first-order valence-electron chi connectivity index (χ1n) is 9.82. The molecule has 156 valence electrons. The summed E-state index contributed by atoms with van der Waals surface area (Å²) >= 11 is 0. The van der Waals surface area contributed by atoms with E-state index in [0.717, 1.165) is 11.1 Å². The van der Waals surface area contributed by atoms with Crippen LogP contribution in [0.15, 0.2) is 66.7 Å². The van der Waals surface area contributed by atoms with Crippen molar-refractivity contribution in [3.63, 3.8) is 0 Å². The average Bonchev–Trinajstić information content (AvgIpc) is 2.77. The molecule has 0 amide bonds. The summed E-state index contributed by atoms with van der Waals surface area (Å²) in [5.74, 6) is 1.21. The minimum atomic E-state index is -0.469. The number of benzene rings is 3. The van der Waals surface area contributed by atoms with Crippen molar-refractivity contribution in [2.45, 2.75) is 20.5 Å². The van der Waals surface area contributed by atoms with Crippen molar-refractivity contribution in [2.75, 3.05) is 6.61 Å². The number of hydrogen-bond donors (Lipinski definition) is 0. The van der Waals surface area contributed by atoms with Gasteiger partial charge in [-0.25, -0.2) is 0 Å². The van der Waals surface area contributed by atoms with E-state index in [9.17, 15) is 15.4 Å². The number of nitro groups is 1. The van der Waals surface area contributed by atoms with E-state index in [1.54, 1.807) is 18.2 Å². The number of nitro benzene ring substituents is 1. The third kappa shape index (κ3) is 5.71. The molecule has 6 nitrogen and oxygen atoms in total. The average molecular weight is 414 g/mol. The summed E-state index contributed by atoms with van der Waals surface area (Å²) < 4.78 is 11.7. The summed E-state index contributed by atoms with van der Waals surface area (Å²) in [6.07, 6.45) is 1.72. The molecule has 0 saturated heterocycles. The lowest BCUT2D eigenvalue weighted by atomic mass is 10.0. The maximum Gasteiger partial charge on any atom is 0.269 e. The normalized spacial score (nSPS) is 10.9. The predicted molar refractivity (Wildman–Crippen MR) is 120 cm³/mol. The maximum atomic E-state index is 10.8. The van der Waals surface area contributed by atoms with Gasteiger partial charge in [-0.2, -0.15) is 5.26 Å². The Balaban J connectivity index is 1.84. The monoisotopic (exact) mass is 414 g/mol. The van der Waals surface area contributed by atoms with Crippen LogP contribution in [-0.4, -0.2) is 11.5 Å². The molecular weight excluding hydrogens is 392 g/mol. The highest BCUT2D eigenvalue weighted by Crippen LogP contribution is 2.31.